The molecule has 0 aliphatic carbocycles. The Hall–Kier alpha value is -5.09. The summed E-state index contributed by atoms with van der Waals surface area (Å²) >= 11 is 0. The predicted octanol–water partition coefficient (Wildman–Crippen LogP) is 4.97. The third kappa shape index (κ3) is 5.70. The maximum absolute atomic E-state index is 13.9. The normalized spacial score (nSPS) is 12.2. The second-order valence-corrected chi connectivity index (χ2v) is 10.4. The Bertz CT molecular complexity index is 1850. The minimum Gasteiger partial charge on any atom is -0.497 e. The highest BCUT2D eigenvalue weighted by molar-refractivity contribution is 5.81. The van der Waals surface area contributed by atoms with E-state index in [-0.39, 0.29) is 5.56 Å². The molecule has 10 nitrogen and oxygen atoms in total. The first kappa shape index (κ1) is 27.1. The monoisotopic (exact) mass is 561 g/mol. The first-order valence-corrected chi connectivity index (χ1v) is 13.7. The summed E-state index contributed by atoms with van der Waals surface area (Å²) in [6.07, 6.45) is 5.20. The number of aromatic nitrogens is 6. The van der Waals surface area contributed by atoms with Crippen LogP contribution in [-0.4, -0.2) is 42.2 Å². The van der Waals surface area contributed by atoms with Crippen LogP contribution in [0.2, 0.25) is 0 Å². The first-order valence-electron chi connectivity index (χ1n) is 13.7. The van der Waals surface area contributed by atoms with E-state index in [9.17, 15) is 4.79 Å². The highest BCUT2D eigenvalue weighted by Crippen LogP contribution is 2.31. The molecule has 0 fully saturated rings. The lowest BCUT2D eigenvalue weighted by Crippen LogP contribution is -2.35. The summed E-state index contributed by atoms with van der Waals surface area (Å²) in [6.45, 7) is 5.42. The van der Waals surface area contributed by atoms with E-state index in [1.54, 1.807) is 24.3 Å². The van der Waals surface area contributed by atoms with Crippen LogP contribution in [-0.2, 0) is 19.6 Å². The maximum Gasteiger partial charge on any atom is 0.253 e. The van der Waals surface area contributed by atoms with Gasteiger partial charge < -0.3 is 14.1 Å². The Labute approximate surface area is 242 Å². The van der Waals surface area contributed by atoms with Gasteiger partial charge in [-0.25, -0.2) is 4.68 Å². The smallest absolute Gasteiger partial charge is 0.253 e. The molecule has 212 valence electrons. The van der Waals surface area contributed by atoms with Gasteiger partial charge in [0.2, 0.25) is 0 Å². The summed E-state index contributed by atoms with van der Waals surface area (Å²) in [5.74, 6) is 2.00. The molecule has 0 saturated carbocycles. The van der Waals surface area contributed by atoms with Crippen molar-refractivity contribution in [3.05, 3.63) is 135 Å². The van der Waals surface area contributed by atoms with E-state index in [1.165, 1.54) is 0 Å². The molecule has 0 bridgehead atoms. The van der Waals surface area contributed by atoms with Crippen molar-refractivity contribution in [2.24, 2.45) is 0 Å². The molecule has 0 radical (unpaired) electrons. The lowest BCUT2D eigenvalue weighted by atomic mass is 9.99. The van der Waals surface area contributed by atoms with Crippen LogP contribution < -0.4 is 10.3 Å². The molecular formula is C32H31N7O3. The number of H-pyrrole nitrogens is 1. The number of ether oxygens (including phenoxy) is 1. The number of nitrogens with zero attached hydrogens (tertiary/aromatic N) is 6. The molecule has 2 aromatic carbocycles. The molecule has 0 amide bonds. The topological polar surface area (TPSA) is 115 Å². The van der Waals surface area contributed by atoms with Gasteiger partial charge in [-0.05, 0) is 100 Å². The standard InChI is InChI=1S/C32H31N7O3/c1-21-14-25-16-28(32(40)34-29(25)15-22(21)2)30(31-35-36-37-39(31)20-27-7-5-13-42-27)38(19-24-6-4-12-33-17-24)18-23-8-10-26(41-3)11-9-23/h4-17,30H,18-20H2,1-3H3,(H,34,40)/t30-/m0/s1. The fraction of sp³-hybridized carbons (Fsp3) is 0.219. The van der Waals surface area contributed by atoms with Crippen molar-refractivity contribution < 1.29 is 9.15 Å². The third-order valence-corrected chi connectivity index (χ3v) is 7.49. The second kappa shape index (κ2) is 11.8. The van der Waals surface area contributed by atoms with Crippen LogP contribution in [0, 0.1) is 13.8 Å². The molecule has 0 saturated heterocycles. The Balaban J connectivity index is 1.53. The van der Waals surface area contributed by atoms with E-state index in [4.69, 9.17) is 9.15 Å². The molecule has 0 aliphatic rings. The lowest BCUT2D eigenvalue weighted by molar-refractivity contribution is 0.193. The number of pyridine rings is 2. The summed E-state index contributed by atoms with van der Waals surface area (Å²) in [4.78, 5) is 23.5. The van der Waals surface area contributed by atoms with E-state index in [0.29, 0.717) is 36.8 Å². The van der Waals surface area contributed by atoms with Crippen molar-refractivity contribution in [3.8, 4) is 5.75 Å². The minimum absolute atomic E-state index is 0.200. The SMILES string of the molecule is COc1ccc(CN(Cc2cccnc2)[C@@H](c2cc3cc(C)c(C)cc3[nH]c2=O)c2nnnn2Cc2ccco2)cc1. The summed E-state index contributed by atoms with van der Waals surface area (Å²) in [5, 5.41) is 13.8. The number of hydrogen-bond donors (Lipinski definition) is 1. The molecule has 6 aromatic rings. The fourth-order valence-electron chi connectivity index (χ4n) is 5.20. The molecular weight excluding hydrogens is 530 g/mol. The Morgan fingerprint density at radius 2 is 1.81 bits per heavy atom. The number of tetrazole rings is 1. The number of methoxy groups -OCH3 is 1. The fourth-order valence-corrected chi connectivity index (χ4v) is 5.20. The predicted molar refractivity (Wildman–Crippen MR) is 158 cm³/mol. The molecule has 1 atom stereocenters. The summed E-state index contributed by atoms with van der Waals surface area (Å²) in [7, 11) is 1.65. The van der Waals surface area contributed by atoms with Gasteiger partial charge in [-0.1, -0.05) is 18.2 Å². The second-order valence-electron chi connectivity index (χ2n) is 10.4. The van der Waals surface area contributed by atoms with E-state index in [1.807, 2.05) is 73.8 Å². The third-order valence-electron chi connectivity index (χ3n) is 7.49. The van der Waals surface area contributed by atoms with Crippen molar-refractivity contribution in [2.75, 3.05) is 7.11 Å². The molecule has 4 aromatic heterocycles. The van der Waals surface area contributed by atoms with Crippen LogP contribution >= 0.6 is 0 Å². The van der Waals surface area contributed by atoms with Crippen molar-refractivity contribution in [1.82, 2.24) is 35.1 Å². The highest BCUT2D eigenvalue weighted by Gasteiger charge is 2.31. The number of furan rings is 1. The number of rotatable bonds is 10. The van der Waals surface area contributed by atoms with Crippen LogP contribution in [0.1, 0.15) is 45.4 Å². The van der Waals surface area contributed by atoms with Gasteiger partial charge in [0.05, 0.1) is 13.4 Å². The molecule has 4 heterocycles. The maximum atomic E-state index is 13.9. The number of benzene rings is 2. The van der Waals surface area contributed by atoms with E-state index in [0.717, 1.165) is 38.9 Å². The van der Waals surface area contributed by atoms with Crippen LogP contribution in [0.15, 0.2) is 94.6 Å². The van der Waals surface area contributed by atoms with E-state index >= 15 is 0 Å². The van der Waals surface area contributed by atoms with Gasteiger partial charge in [0.25, 0.3) is 5.56 Å². The first-order chi connectivity index (χ1) is 20.5. The zero-order valence-corrected chi connectivity index (χ0v) is 23.7. The molecule has 6 rings (SSSR count). The number of aromatic amines is 1. The molecule has 1 N–H and O–H groups in total. The number of nitrogens with one attached hydrogen (secondary N) is 1. The van der Waals surface area contributed by atoms with Crippen LogP contribution in [0.5, 0.6) is 5.75 Å². The largest absolute Gasteiger partial charge is 0.497 e. The van der Waals surface area contributed by atoms with Crippen molar-refractivity contribution in [2.45, 2.75) is 39.5 Å². The van der Waals surface area contributed by atoms with Crippen molar-refractivity contribution in [3.63, 3.8) is 0 Å². The summed E-state index contributed by atoms with van der Waals surface area (Å²) in [6, 6.07) is 21.0. The average Bonchev–Trinajstić information content (AvgIpc) is 3.68. The number of hydrogen-bond acceptors (Lipinski definition) is 8. The Morgan fingerprint density at radius 3 is 2.55 bits per heavy atom. The van der Waals surface area contributed by atoms with Gasteiger partial charge in [-0.3, -0.25) is 14.7 Å². The van der Waals surface area contributed by atoms with E-state index < -0.39 is 6.04 Å². The molecule has 0 aliphatic heterocycles. The van der Waals surface area contributed by atoms with Crippen LogP contribution in [0.3, 0.4) is 0 Å². The van der Waals surface area contributed by atoms with Gasteiger partial charge in [-0.2, -0.15) is 0 Å². The number of aryl methyl sites for hydroxylation is 2. The molecule has 10 heteroatoms. The van der Waals surface area contributed by atoms with Gasteiger partial charge in [0, 0.05) is 36.6 Å². The van der Waals surface area contributed by atoms with Crippen LogP contribution in [0.25, 0.3) is 10.9 Å². The van der Waals surface area contributed by atoms with Crippen molar-refractivity contribution >= 4 is 10.9 Å². The molecule has 0 unspecified atom stereocenters. The quantitative estimate of drug-likeness (QED) is 0.249. The lowest BCUT2D eigenvalue weighted by Gasteiger charge is -2.31. The Kier molecular flexibility index (Phi) is 7.61. The van der Waals surface area contributed by atoms with Gasteiger partial charge >= 0.3 is 0 Å². The minimum atomic E-state index is -0.605. The zero-order chi connectivity index (χ0) is 29.1. The average molecular weight is 562 g/mol. The summed E-state index contributed by atoms with van der Waals surface area (Å²) in [5.41, 5.74) is 5.42. The zero-order valence-electron chi connectivity index (χ0n) is 23.7. The van der Waals surface area contributed by atoms with E-state index in [2.05, 4.69) is 43.4 Å². The van der Waals surface area contributed by atoms with Crippen molar-refractivity contribution in [1.29, 1.82) is 0 Å². The Morgan fingerprint density at radius 1 is 1.00 bits per heavy atom. The molecule has 0 spiro atoms. The van der Waals surface area contributed by atoms with Gasteiger partial charge in [0.1, 0.15) is 24.1 Å². The summed E-state index contributed by atoms with van der Waals surface area (Å²) < 4.78 is 12.7. The van der Waals surface area contributed by atoms with Gasteiger partial charge in [0.15, 0.2) is 5.82 Å². The number of fused-ring (bicyclic) bond motifs is 1. The highest BCUT2D eigenvalue weighted by atomic mass is 16.5. The van der Waals surface area contributed by atoms with Gasteiger partial charge in [-0.15, -0.1) is 5.10 Å². The van der Waals surface area contributed by atoms with Crippen LogP contribution in [0.4, 0.5) is 0 Å². The molecule has 42 heavy (non-hydrogen) atoms.